The number of nitrogens with one attached hydrogen (secondary N) is 1. The van der Waals surface area contributed by atoms with E-state index < -0.39 is 27.3 Å². The Bertz CT molecular complexity index is 1540. The maximum absolute atomic E-state index is 15.3. The van der Waals surface area contributed by atoms with Crippen LogP contribution in [0, 0.1) is 11.9 Å². The highest BCUT2D eigenvalue weighted by Gasteiger charge is 2.31. The molecule has 39 heavy (non-hydrogen) atoms. The van der Waals surface area contributed by atoms with Gasteiger partial charge in [0, 0.05) is 41.0 Å². The van der Waals surface area contributed by atoms with Gasteiger partial charge in [-0.1, -0.05) is 11.6 Å². The molecule has 14 heteroatoms. The summed E-state index contributed by atoms with van der Waals surface area (Å²) in [5, 5.41) is 4.36. The quantitative estimate of drug-likeness (QED) is 0.211. The van der Waals surface area contributed by atoms with Gasteiger partial charge < -0.3 is 19.5 Å². The summed E-state index contributed by atoms with van der Waals surface area (Å²) in [5.74, 6) is -0.327. The van der Waals surface area contributed by atoms with Crippen LogP contribution in [0.15, 0.2) is 65.0 Å². The van der Waals surface area contributed by atoms with E-state index in [0.29, 0.717) is 17.1 Å². The molecule has 4 rings (SSSR count). The first-order valence-electron chi connectivity index (χ1n) is 11.0. The largest absolute Gasteiger partial charge is 0.497 e. The second-order valence-corrected chi connectivity index (χ2v) is 10.8. The van der Waals surface area contributed by atoms with Crippen LogP contribution in [-0.2, 0) is 16.6 Å². The molecule has 1 N–H and O–H groups in total. The predicted molar refractivity (Wildman–Crippen MR) is 142 cm³/mol. The van der Waals surface area contributed by atoms with Gasteiger partial charge in [-0.3, -0.25) is 0 Å². The normalized spacial score (nSPS) is 11.4. The molecule has 0 saturated heterocycles. The van der Waals surface area contributed by atoms with Crippen LogP contribution in [-0.4, -0.2) is 34.2 Å². The van der Waals surface area contributed by atoms with Gasteiger partial charge in [-0.05, 0) is 36.4 Å². The number of halogens is 4. The SMILES string of the molecule is COc1ccc(CN(c2nccs2)S(=O)(=O)c2cc(Cl)c(Nc3[c]cc(OC(F)F)cc3)cc2F)c(OC)c1. The Balaban J connectivity index is 1.67. The molecule has 0 aliphatic carbocycles. The van der Waals surface area contributed by atoms with E-state index >= 15 is 4.39 Å². The molecule has 0 fully saturated rings. The molecule has 1 heterocycles. The lowest BCUT2D eigenvalue weighted by atomic mass is 10.2. The van der Waals surface area contributed by atoms with Crippen molar-refractivity contribution < 1.29 is 35.8 Å². The maximum Gasteiger partial charge on any atom is 0.387 e. The van der Waals surface area contributed by atoms with Crippen LogP contribution in [0.5, 0.6) is 17.2 Å². The number of benzene rings is 3. The first kappa shape index (κ1) is 28.3. The summed E-state index contributed by atoms with van der Waals surface area (Å²) in [7, 11) is -1.59. The van der Waals surface area contributed by atoms with E-state index in [2.05, 4.69) is 21.1 Å². The first-order chi connectivity index (χ1) is 18.6. The minimum atomic E-state index is -4.51. The van der Waals surface area contributed by atoms with Crippen molar-refractivity contribution in [2.75, 3.05) is 23.8 Å². The molecule has 0 aliphatic heterocycles. The van der Waals surface area contributed by atoms with Crippen LogP contribution in [0.1, 0.15) is 5.56 Å². The summed E-state index contributed by atoms with van der Waals surface area (Å²) in [6.45, 7) is -3.22. The molecular formula is C25H20ClF3N3O5S2. The Kier molecular flexibility index (Phi) is 8.73. The summed E-state index contributed by atoms with van der Waals surface area (Å²) in [6.07, 6.45) is 1.43. The second kappa shape index (κ2) is 12.0. The standard InChI is InChI=1S/C25H20ClF3N3O5S2/c1-35-18-6-3-15(22(11-18)36-2)14-32(25-30-9-10-38-25)39(33,34)23-12-19(26)21(13-20(23)27)31-16-4-7-17(8-5-16)37-24(28)29/h3-4,6-13,24,31H,14H2,1-2H3. The number of nitrogens with zero attached hydrogens (tertiary/aromatic N) is 2. The molecule has 0 unspecified atom stereocenters. The third kappa shape index (κ3) is 6.49. The highest BCUT2D eigenvalue weighted by Crippen LogP contribution is 2.36. The van der Waals surface area contributed by atoms with Gasteiger partial charge in [0.15, 0.2) is 5.13 Å². The topological polar surface area (TPSA) is 90.0 Å². The zero-order valence-electron chi connectivity index (χ0n) is 20.3. The number of hydrogen-bond donors (Lipinski definition) is 1. The van der Waals surface area contributed by atoms with E-state index in [-0.39, 0.29) is 33.8 Å². The van der Waals surface area contributed by atoms with Crippen LogP contribution in [0.2, 0.25) is 5.02 Å². The van der Waals surface area contributed by atoms with Gasteiger partial charge in [0.2, 0.25) is 0 Å². The molecule has 0 saturated carbocycles. The summed E-state index contributed by atoms with van der Waals surface area (Å²) in [6, 6.07) is 13.2. The lowest BCUT2D eigenvalue weighted by Crippen LogP contribution is -2.31. The van der Waals surface area contributed by atoms with Gasteiger partial charge in [0.25, 0.3) is 10.0 Å². The summed E-state index contributed by atoms with van der Waals surface area (Å²) in [4.78, 5) is 3.44. The molecule has 4 aromatic rings. The first-order valence-corrected chi connectivity index (χ1v) is 13.7. The zero-order valence-corrected chi connectivity index (χ0v) is 22.7. The molecule has 205 valence electrons. The molecular weight excluding hydrogens is 579 g/mol. The molecule has 0 bridgehead atoms. The molecule has 3 aromatic carbocycles. The third-order valence-electron chi connectivity index (χ3n) is 5.31. The number of methoxy groups -OCH3 is 2. The minimum Gasteiger partial charge on any atom is -0.497 e. The number of sulfonamides is 1. The highest BCUT2D eigenvalue weighted by molar-refractivity contribution is 7.93. The number of anilines is 3. The number of ether oxygens (including phenoxy) is 3. The van der Waals surface area contributed by atoms with Crippen LogP contribution >= 0.6 is 22.9 Å². The van der Waals surface area contributed by atoms with Gasteiger partial charge in [0.1, 0.15) is 28.0 Å². The van der Waals surface area contributed by atoms with Crippen LogP contribution < -0.4 is 23.8 Å². The Hall–Kier alpha value is -3.68. The summed E-state index contributed by atoms with van der Waals surface area (Å²) < 4.78 is 83.4. The molecule has 0 amide bonds. The lowest BCUT2D eigenvalue weighted by Gasteiger charge is -2.23. The van der Waals surface area contributed by atoms with Crippen molar-refractivity contribution in [3.05, 3.63) is 82.6 Å². The third-order valence-corrected chi connectivity index (χ3v) is 8.28. The van der Waals surface area contributed by atoms with Crippen molar-refractivity contribution in [3.63, 3.8) is 0 Å². The van der Waals surface area contributed by atoms with E-state index in [9.17, 15) is 17.2 Å². The summed E-state index contributed by atoms with van der Waals surface area (Å²) >= 11 is 7.39. The Morgan fingerprint density at radius 1 is 1.13 bits per heavy atom. The smallest absolute Gasteiger partial charge is 0.387 e. The predicted octanol–water partition coefficient (Wildman–Crippen LogP) is 6.49. The fraction of sp³-hybridized carbons (Fsp3) is 0.160. The Morgan fingerprint density at radius 3 is 2.51 bits per heavy atom. The van der Waals surface area contributed by atoms with Crippen molar-refractivity contribution in [1.29, 1.82) is 0 Å². The van der Waals surface area contributed by atoms with Gasteiger partial charge in [-0.25, -0.2) is 22.1 Å². The van der Waals surface area contributed by atoms with Crippen molar-refractivity contribution in [1.82, 2.24) is 4.98 Å². The van der Waals surface area contributed by atoms with Crippen molar-refractivity contribution in [3.8, 4) is 17.2 Å². The van der Waals surface area contributed by atoms with Crippen molar-refractivity contribution in [2.24, 2.45) is 0 Å². The van der Waals surface area contributed by atoms with Crippen molar-refractivity contribution in [2.45, 2.75) is 18.1 Å². The fourth-order valence-corrected chi connectivity index (χ4v) is 6.10. The number of rotatable bonds is 11. The molecule has 0 spiro atoms. The van der Waals surface area contributed by atoms with E-state index in [1.165, 1.54) is 32.5 Å². The lowest BCUT2D eigenvalue weighted by molar-refractivity contribution is -0.0498. The van der Waals surface area contributed by atoms with Crippen LogP contribution in [0.4, 0.5) is 29.7 Å². The number of aromatic nitrogens is 1. The molecule has 1 radical (unpaired) electrons. The number of alkyl halides is 2. The molecule has 8 nitrogen and oxygen atoms in total. The Morgan fingerprint density at radius 2 is 1.90 bits per heavy atom. The highest BCUT2D eigenvalue weighted by atomic mass is 35.5. The average molecular weight is 599 g/mol. The van der Waals surface area contributed by atoms with E-state index in [0.717, 1.165) is 33.8 Å². The number of thiazole rings is 1. The maximum atomic E-state index is 15.3. The average Bonchev–Trinajstić information content (AvgIpc) is 3.44. The van der Waals surface area contributed by atoms with E-state index in [1.807, 2.05) is 0 Å². The summed E-state index contributed by atoms with van der Waals surface area (Å²) in [5.41, 5.74) is 0.769. The second-order valence-electron chi connectivity index (χ2n) is 7.71. The van der Waals surface area contributed by atoms with E-state index in [4.69, 9.17) is 21.1 Å². The van der Waals surface area contributed by atoms with Crippen molar-refractivity contribution >= 4 is 49.5 Å². The number of hydrogen-bond acceptors (Lipinski definition) is 8. The molecule has 0 atom stereocenters. The van der Waals surface area contributed by atoms with Crippen LogP contribution in [0.3, 0.4) is 0 Å². The Labute approximate surface area is 231 Å². The van der Waals surface area contributed by atoms with Crippen LogP contribution in [0.25, 0.3) is 0 Å². The monoisotopic (exact) mass is 598 g/mol. The molecule has 1 aromatic heterocycles. The molecule has 0 aliphatic rings. The fourth-order valence-electron chi connectivity index (χ4n) is 3.48. The van der Waals surface area contributed by atoms with E-state index in [1.54, 1.807) is 23.6 Å². The van der Waals surface area contributed by atoms with Gasteiger partial charge >= 0.3 is 6.61 Å². The zero-order chi connectivity index (χ0) is 28.2. The van der Waals surface area contributed by atoms with Gasteiger partial charge in [-0.2, -0.15) is 8.78 Å². The van der Waals surface area contributed by atoms with Gasteiger partial charge in [-0.15, -0.1) is 11.3 Å². The van der Waals surface area contributed by atoms with Gasteiger partial charge in [0.05, 0.1) is 31.5 Å². The minimum absolute atomic E-state index is 0.0320.